The number of likely N-dealkylation sites (tertiary alicyclic amines) is 1. The van der Waals surface area contributed by atoms with E-state index in [0.29, 0.717) is 25.5 Å². The molecule has 2 aromatic carbocycles. The lowest BCUT2D eigenvalue weighted by molar-refractivity contribution is -0.149. The van der Waals surface area contributed by atoms with Gasteiger partial charge in [-0.2, -0.15) is 0 Å². The summed E-state index contributed by atoms with van der Waals surface area (Å²) in [5.74, 6) is 0.326. The van der Waals surface area contributed by atoms with Crippen LogP contribution in [0, 0.1) is 11.3 Å². The van der Waals surface area contributed by atoms with Crippen LogP contribution in [0.3, 0.4) is 0 Å². The zero-order valence-electron chi connectivity index (χ0n) is 21.4. The van der Waals surface area contributed by atoms with Crippen LogP contribution in [0.15, 0.2) is 48.5 Å². The molecule has 1 saturated carbocycles. The molecule has 2 aromatic rings. The standard InChI is InChI=1S/C30H37NO5/c1-3-29(2,27(32)33)20-36-23-13-12-22-17-26-24-11-7-8-14-30(24,25(22)18-23)15-16-31(26)28(34)35-19-21-9-5-4-6-10-21/h4-6,9-10,12-13,18,24,26H,3,7-8,11,14-17,19-20H2,1-2H3,(H,32,33)/t24-,26+,29?,30+/m0/s1. The van der Waals surface area contributed by atoms with E-state index in [1.807, 2.05) is 48.2 Å². The fourth-order valence-corrected chi connectivity index (χ4v) is 6.66. The molecule has 1 heterocycles. The molecule has 0 aromatic heterocycles. The first kappa shape index (κ1) is 24.7. The highest BCUT2D eigenvalue weighted by Crippen LogP contribution is 2.56. The summed E-state index contributed by atoms with van der Waals surface area (Å²) in [4.78, 5) is 26.9. The third-order valence-electron chi connectivity index (χ3n) is 9.10. The van der Waals surface area contributed by atoms with E-state index in [1.165, 1.54) is 24.0 Å². The quantitative estimate of drug-likeness (QED) is 0.517. The summed E-state index contributed by atoms with van der Waals surface area (Å²) >= 11 is 0. The average molecular weight is 492 g/mol. The third kappa shape index (κ3) is 4.35. The van der Waals surface area contributed by atoms with Gasteiger partial charge in [-0.15, -0.1) is 0 Å². The number of ether oxygens (including phenoxy) is 2. The molecular formula is C30H37NO5. The summed E-state index contributed by atoms with van der Waals surface area (Å²) < 4.78 is 11.8. The van der Waals surface area contributed by atoms with Gasteiger partial charge < -0.3 is 19.5 Å². The van der Waals surface area contributed by atoms with Gasteiger partial charge in [0, 0.05) is 18.0 Å². The molecule has 0 radical (unpaired) electrons. The monoisotopic (exact) mass is 491 g/mol. The number of aliphatic carboxylic acids is 1. The molecule has 1 N–H and O–H groups in total. The number of carbonyl (C=O) groups excluding carboxylic acids is 1. The van der Waals surface area contributed by atoms with E-state index in [-0.39, 0.29) is 24.2 Å². The van der Waals surface area contributed by atoms with Crippen LogP contribution < -0.4 is 4.74 Å². The Bertz CT molecular complexity index is 1120. The molecule has 192 valence electrons. The Morgan fingerprint density at radius 1 is 1.14 bits per heavy atom. The molecule has 6 heteroatoms. The number of hydrogen-bond donors (Lipinski definition) is 1. The van der Waals surface area contributed by atoms with Gasteiger partial charge in [0.15, 0.2) is 0 Å². The van der Waals surface area contributed by atoms with Crippen molar-refractivity contribution in [2.24, 2.45) is 11.3 Å². The largest absolute Gasteiger partial charge is 0.492 e. The smallest absolute Gasteiger partial charge is 0.410 e. The van der Waals surface area contributed by atoms with Gasteiger partial charge in [0.2, 0.25) is 0 Å². The summed E-state index contributed by atoms with van der Waals surface area (Å²) in [5.41, 5.74) is 2.78. The summed E-state index contributed by atoms with van der Waals surface area (Å²) in [6.45, 7) is 4.77. The van der Waals surface area contributed by atoms with Crippen molar-refractivity contribution < 1.29 is 24.2 Å². The van der Waals surface area contributed by atoms with E-state index in [0.717, 1.165) is 37.0 Å². The Balaban J connectivity index is 1.37. The Labute approximate surface area is 213 Å². The first-order valence-electron chi connectivity index (χ1n) is 13.3. The minimum absolute atomic E-state index is 0.0485. The molecule has 36 heavy (non-hydrogen) atoms. The van der Waals surface area contributed by atoms with Crippen LogP contribution >= 0.6 is 0 Å². The second kappa shape index (κ2) is 9.79. The van der Waals surface area contributed by atoms with Crippen molar-refractivity contribution in [1.29, 1.82) is 0 Å². The highest BCUT2D eigenvalue weighted by Gasteiger charge is 2.55. The molecule has 3 aliphatic rings. The highest BCUT2D eigenvalue weighted by molar-refractivity contribution is 5.74. The van der Waals surface area contributed by atoms with Crippen LogP contribution in [0.4, 0.5) is 4.79 Å². The number of hydrogen-bond acceptors (Lipinski definition) is 4. The summed E-state index contributed by atoms with van der Waals surface area (Å²) in [6.07, 6.45) is 6.67. The Hall–Kier alpha value is -3.02. The van der Waals surface area contributed by atoms with Crippen LogP contribution in [0.1, 0.15) is 69.1 Å². The van der Waals surface area contributed by atoms with Gasteiger partial charge in [0.25, 0.3) is 0 Å². The number of piperidine rings is 1. The number of benzene rings is 2. The van der Waals surface area contributed by atoms with E-state index in [4.69, 9.17) is 9.47 Å². The molecule has 4 atom stereocenters. The second-order valence-electron chi connectivity index (χ2n) is 11.1. The van der Waals surface area contributed by atoms with Crippen LogP contribution in [-0.4, -0.2) is 41.3 Å². The lowest BCUT2D eigenvalue weighted by atomic mass is 9.52. The van der Waals surface area contributed by atoms with Gasteiger partial charge in [-0.05, 0) is 73.8 Å². The van der Waals surface area contributed by atoms with Crippen molar-refractivity contribution in [2.75, 3.05) is 13.2 Å². The topological polar surface area (TPSA) is 76.1 Å². The minimum atomic E-state index is -0.905. The molecule has 2 aliphatic carbocycles. The van der Waals surface area contributed by atoms with Crippen molar-refractivity contribution in [1.82, 2.24) is 4.90 Å². The number of carbonyl (C=O) groups is 2. The van der Waals surface area contributed by atoms with Crippen LogP contribution in [-0.2, 0) is 28.0 Å². The van der Waals surface area contributed by atoms with Crippen LogP contribution in [0.2, 0.25) is 0 Å². The van der Waals surface area contributed by atoms with Gasteiger partial charge in [-0.25, -0.2) is 4.79 Å². The first-order chi connectivity index (χ1) is 17.4. The lowest BCUT2D eigenvalue weighted by Crippen LogP contribution is -2.62. The number of fused-ring (bicyclic) bond motifs is 1. The summed E-state index contributed by atoms with van der Waals surface area (Å²) in [5, 5.41) is 9.62. The normalized spacial score (nSPS) is 26.2. The van der Waals surface area contributed by atoms with Gasteiger partial charge in [-0.3, -0.25) is 4.79 Å². The van der Waals surface area contributed by atoms with E-state index in [2.05, 4.69) is 12.1 Å². The maximum atomic E-state index is 13.2. The van der Waals surface area contributed by atoms with E-state index in [1.54, 1.807) is 6.92 Å². The van der Waals surface area contributed by atoms with Gasteiger partial charge in [0.1, 0.15) is 19.0 Å². The maximum Gasteiger partial charge on any atom is 0.410 e. The first-order valence-corrected chi connectivity index (χ1v) is 13.3. The Kier molecular flexibility index (Phi) is 6.71. The van der Waals surface area contributed by atoms with Crippen molar-refractivity contribution in [3.63, 3.8) is 0 Å². The SMILES string of the molecule is CCC(C)(COc1ccc2c(c1)[C@@]13CCCC[C@H]1[C@@H](C2)N(C(=O)OCc1ccccc1)CC3)C(=O)O. The van der Waals surface area contributed by atoms with Gasteiger partial charge in [-0.1, -0.05) is 56.2 Å². The van der Waals surface area contributed by atoms with Crippen LogP contribution in [0.5, 0.6) is 5.75 Å². The molecular weight excluding hydrogens is 454 g/mol. The predicted molar refractivity (Wildman–Crippen MR) is 137 cm³/mol. The Morgan fingerprint density at radius 3 is 2.69 bits per heavy atom. The highest BCUT2D eigenvalue weighted by atomic mass is 16.6. The lowest BCUT2D eigenvalue weighted by Gasteiger charge is -2.58. The van der Waals surface area contributed by atoms with Crippen molar-refractivity contribution in [3.05, 3.63) is 65.2 Å². The average Bonchev–Trinajstić information content (AvgIpc) is 2.91. The molecule has 5 rings (SSSR count). The third-order valence-corrected chi connectivity index (χ3v) is 9.10. The zero-order valence-corrected chi connectivity index (χ0v) is 21.4. The number of carboxylic acid groups (broad SMARTS) is 1. The van der Waals surface area contributed by atoms with Crippen molar-refractivity contribution in [2.45, 2.75) is 76.9 Å². The summed E-state index contributed by atoms with van der Waals surface area (Å²) in [7, 11) is 0. The summed E-state index contributed by atoms with van der Waals surface area (Å²) in [6, 6.07) is 16.3. The van der Waals surface area contributed by atoms with Gasteiger partial charge >= 0.3 is 12.1 Å². The van der Waals surface area contributed by atoms with Crippen LogP contribution in [0.25, 0.3) is 0 Å². The zero-order chi connectivity index (χ0) is 25.3. The second-order valence-corrected chi connectivity index (χ2v) is 11.1. The van der Waals surface area contributed by atoms with Crippen molar-refractivity contribution in [3.8, 4) is 5.75 Å². The molecule has 2 fully saturated rings. The maximum absolute atomic E-state index is 13.2. The molecule has 1 saturated heterocycles. The Morgan fingerprint density at radius 2 is 1.94 bits per heavy atom. The fourth-order valence-electron chi connectivity index (χ4n) is 6.66. The predicted octanol–water partition coefficient (Wildman–Crippen LogP) is 5.96. The molecule has 0 spiro atoms. The van der Waals surface area contributed by atoms with E-state index >= 15 is 0 Å². The fraction of sp³-hybridized carbons (Fsp3) is 0.533. The number of amides is 1. The molecule has 2 bridgehead atoms. The molecule has 6 nitrogen and oxygen atoms in total. The number of rotatable bonds is 7. The van der Waals surface area contributed by atoms with Gasteiger partial charge in [0.05, 0.1) is 5.41 Å². The molecule has 1 unspecified atom stereocenters. The molecule has 1 aliphatic heterocycles. The van der Waals surface area contributed by atoms with E-state index in [9.17, 15) is 14.7 Å². The minimum Gasteiger partial charge on any atom is -0.492 e. The van der Waals surface area contributed by atoms with Crippen molar-refractivity contribution >= 4 is 12.1 Å². The number of nitrogens with zero attached hydrogens (tertiary/aromatic N) is 1. The number of carboxylic acids is 1. The van der Waals surface area contributed by atoms with E-state index < -0.39 is 11.4 Å². The molecule has 1 amide bonds.